The van der Waals surface area contributed by atoms with E-state index in [-0.39, 0.29) is 5.82 Å². The molecule has 0 fully saturated rings. The van der Waals surface area contributed by atoms with Crippen molar-refractivity contribution in [1.82, 2.24) is 0 Å². The molecule has 0 aliphatic carbocycles. The molecule has 0 bridgehead atoms. The predicted octanol–water partition coefficient (Wildman–Crippen LogP) is 3.57. The maximum atomic E-state index is 13.2. The van der Waals surface area contributed by atoms with Crippen LogP contribution in [0, 0.1) is 5.82 Å². The largest absolute Gasteiger partial charge is 0.493 e. The van der Waals surface area contributed by atoms with Crippen LogP contribution in [0.3, 0.4) is 0 Å². The third kappa shape index (κ3) is 4.86. The maximum Gasteiger partial charge on any atom is 0.193 e. The Bertz CT molecular complexity index is 738. The lowest BCUT2D eigenvalue weighted by molar-refractivity contribution is 0.355. The van der Waals surface area contributed by atoms with Gasteiger partial charge in [0.1, 0.15) is 5.82 Å². The van der Waals surface area contributed by atoms with E-state index in [4.69, 9.17) is 15.2 Å². The van der Waals surface area contributed by atoms with Gasteiger partial charge in [0.2, 0.25) is 0 Å². The van der Waals surface area contributed by atoms with Crippen molar-refractivity contribution < 1.29 is 13.9 Å². The molecule has 5 nitrogen and oxygen atoms in total. The molecular formula is C17H19BrFN3O2. The van der Waals surface area contributed by atoms with Crippen molar-refractivity contribution in [2.24, 2.45) is 10.7 Å². The average Bonchev–Trinajstić information content (AvgIpc) is 2.58. The summed E-state index contributed by atoms with van der Waals surface area (Å²) >= 11 is 3.17. The Hall–Kier alpha value is -2.28. The SMILES string of the molecule is COc1ccc(NC(N)=NCCc2ccc(F)c(Br)c2)cc1OC. The van der Waals surface area contributed by atoms with Crippen molar-refractivity contribution in [2.45, 2.75) is 6.42 Å². The van der Waals surface area contributed by atoms with E-state index in [2.05, 4.69) is 26.2 Å². The topological polar surface area (TPSA) is 68.9 Å². The maximum absolute atomic E-state index is 13.2. The van der Waals surface area contributed by atoms with Gasteiger partial charge in [-0.15, -0.1) is 0 Å². The second-order valence-electron chi connectivity index (χ2n) is 4.96. The molecule has 0 aromatic heterocycles. The second kappa shape index (κ2) is 8.54. The Balaban J connectivity index is 1.95. The van der Waals surface area contributed by atoms with Crippen LogP contribution >= 0.6 is 15.9 Å². The average molecular weight is 396 g/mol. The molecule has 0 radical (unpaired) electrons. The van der Waals surface area contributed by atoms with Gasteiger partial charge in [0.05, 0.1) is 18.7 Å². The Morgan fingerprint density at radius 2 is 1.92 bits per heavy atom. The van der Waals surface area contributed by atoms with Crippen LogP contribution in [0.15, 0.2) is 45.9 Å². The van der Waals surface area contributed by atoms with Crippen molar-refractivity contribution >= 4 is 27.6 Å². The van der Waals surface area contributed by atoms with Crippen LogP contribution in [-0.2, 0) is 6.42 Å². The molecule has 2 rings (SSSR count). The molecule has 0 saturated heterocycles. The number of methoxy groups -OCH3 is 2. The Kier molecular flexibility index (Phi) is 6.43. The molecule has 0 aliphatic rings. The number of anilines is 1. The highest BCUT2D eigenvalue weighted by molar-refractivity contribution is 9.10. The molecule has 2 aromatic carbocycles. The number of nitrogens with zero attached hydrogens (tertiary/aromatic N) is 1. The molecule has 3 N–H and O–H groups in total. The zero-order valence-corrected chi connectivity index (χ0v) is 15.1. The summed E-state index contributed by atoms with van der Waals surface area (Å²) in [5.41, 5.74) is 7.61. The number of hydrogen-bond acceptors (Lipinski definition) is 3. The van der Waals surface area contributed by atoms with Crippen LogP contribution in [-0.4, -0.2) is 26.7 Å². The predicted molar refractivity (Wildman–Crippen MR) is 97.5 cm³/mol. The van der Waals surface area contributed by atoms with Crippen molar-refractivity contribution in [2.75, 3.05) is 26.1 Å². The molecule has 7 heteroatoms. The number of nitrogens with two attached hydrogens (primary N) is 1. The van der Waals surface area contributed by atoms with Gasteiger partial charge in [-0.1, -0.05) is 6.07 Å². The Morgan fingerprint density at radius 1 is 1.17 bits per heavy atom. The molecule has 0 aliphatic heterocycles. The summed E-state index contributed by atoms with van der Waals surface area (Å²) in [5.74, 6) is 1.26. The van der Waals surface area contributed by atoms with E-state index in [1.165, 1.54) is 6.07 Å². The van der Waals surface area contributed by atoms with Crippen LogP contribution in [0.5, 0.6) is 11.5 Å². The lowest BCUT2D eigenvalue weighted by atomic mass is 10.1. The zero-order chi connectivity index (χ0) is 17.5. The van der Waals surface area contributed by atoms with Gasteiger partial charge in [-0.2, -0.15) is 0 Å². The van der Waals surface area contributed by atoms with Gasteiger partial charge in [0.15, 0.2) is 17.5 Å². The van der Waals surface area contributed by atoms with Crippen molar-refractivity contribution in [3.63, 3.8) is 0 Å². The van der Waals surface area contributed by atoms with Crippen LogP contribution in [0.1, 0.15) is 5.56 Å². The van der Waals surface area contributed by atoms with Gasteiger partial charge >= 0.3 is 0 Å². The van der Waals surface area contributed by atoms with E-state index in [9.17, 15) is 4.39 Å². The minimum atomic E-state index is -0.281. The number of hydrogen-bond donors (Lipinski definition) is 2. The molecule has 0 heterocycles. The smallest absolute Gasteiger partial charge is 0.193 e. The van der Waals surface area contributed by atoms with Gasteiger partial charge < -0.3 is 20.5 Å². The first-order valence-corrected chi connectivity index (χ1v) is 8.05. The highest BCUT2D eigenvalue weighted by atomic mass is 79.9. The van der Waals surface area contributed by atoms with E-state index >= 15 is 0 Å². The van der Waals surface area contributed by atoms with E-state index in [0.29, 0.717) is 34.9 Å². The number of rotatable bonds is 6. The number of halogens is 2. The van der Waals surface area contributed by atoms with Crippen molar-refractivity contribution in [1.29, 1.82) is 0 Å². The number of ether oxygens (including phenoxy) is 2. The minimum absolute atomic E-state index is 0.281. The van der Waals surface area contributed by atoms with Crippen LogP contribution in [0.2, 0.25) is 0 Å². The summed E-state index contributed by atoms with van der Waals surface area (Å²) in [6.07, 6.45) is 0.660. The first kappa shape index (κ1) is 18.1. The monoisotopic (exact) mass is 395 g/mol. The quantitative estimate of drug-likeness (QED) is 0.579. The molecule has 0 atom stereocenters. The summed E-state index contributed by atoms with van der Waals surface area (Å²) in [6.45, 7) is 0.490. The van der Waals surface area contributed by atoms with E-state index < -0.39 is 0 Å². The van der Waals surface area contributed by atoms with Gasteiger partial charge in [-0.3, -0.25) is 4.99 Å². The Morgan fingerprint density at radius 3 is 2.58 bits per heavy atom. The van der Waals surface area contributed by atoms with Crippen LogP contribution < -0.4 is 20.5 Å². The molecule has 24 heavy (non-hydrogen) atoms. The number of nitrogens with one attached hydrogen (secondary N) is 1. The van der Waals surface area contributed by atoms with Crippen LogP contribution in [0.25, 0.3) is 0 Å². The number of aliphatic imine (C=N–C) groups is 1. The third-order valence-corrected chi connectivity index (χ3v) is 3.93. The molecule has 0 saturated carbocycles. The molecule has 0 unspecified atom stereocenters. The fourth-order valence-corrected chi connectivity index (χ4v) is 2.53. The van der Waals surface area contributed by atoms with Gasteiger partial charge in [0, 0.05) is 18.3 Å². The molecule has 128 valence electrons. The molecule has 0 amide bonds. The van der Waals surface area contributed by atoms with Gasteiger partial charge in [-0.25, -0.2) is 4.39 Å². The number of benzene rings is 2. The molecule has 0 spiro atoms. The lowest BCUT2D eigenvalue weighted by Crippen LogP contribution is -2.23. The normalized spacial score (nSPS) is 11.2. The summed E-state index contributed by atoms with van der Waals surface area (Å²) in [6, 6.07) is 10.3. The molecular weight excluding hydrogens is 377 g/mol. The lowest BCUT2D eigenvalue weighted by Gasteiger charge is -2.11. The second-order valence-corrected chi connectivity index (χ2v) is 5.81. The van der Waals surface area contributed by atoms with Crippen molar-refractivity contribution in [3.05, 3.63) is 52.3 Å². The summed E-state index contributed by atoms with van der Waals surface area (Å²) < 4.78 is 24.0. The van der Waals surface area contributed by atoms with Gasteiger partial charge in [-0.05, 0) is 52.2 Å². The fraction of sp³-hybridized carbons (Fsp3) is 0.235. The van der Waals surface area contributed by atoms with E-state index in [1.54, 1.807) is 38.5 Å². The fourth-order valence-electron chi connectivity index (χ4n) is 2.10. The first-order valence-electron chi connectivity index (χ1n) is 7.26. The highest BCUT2D eigenvalue weighted by Gasteiger charge is 2.05. The standard InChI is InChI=1S/C17H19BrFN3O2/c1-23-15-6-4-12(10-16(15)24-2)22-17(20)21-8-7-11-3-5-14(19)13(18)9-11/h3-6,9-10H,7-8H2,1-2H3,(H3,20,21,22). The summed E-state index contributed by atoms with van der Waals surface area (Å²) in [5, 5.41) is 3.00. The van der Waals surface area contributed by atoms with E-state index in [0.717, 1.165) is 11.3 Å². The van der Waals surface area contributed by atoms with E-state index in [1.807, 2.05) is 6.07 Å². The van der Waals surface area contributed by atoms with Gasteiger partial charge in [0.25, 0.3) is 0 Å². The van der Waals surface area contributed by atoms with Crippen molar-refractivity contribution in [3.8, 4) is 11.5 Å². The molecule has 2 aromatic rings. The summed E-state index contributed by atoms with van der Waals surface area (Å²) in [4.78, 5) is 4.27. The number of guanidine groups is 1. The summed E-state index contributed by atoms with van der Waals surface area (Å²) in [7, 11) is 3.15. The minimum Gasteiger partial charge on any atom is -0.493 e. The van der Waals surface area contributed by atoms with Crippen LogP contribution in [0.4, 0.5) is 10.1 Å². The highest BCUT2D eigenvalue weighted by Crippen LogP contribution is 2.29. The zero-order valence-electron chi connectivity index (χ0n) is 13.5. The first-order chi connectivity index (χ1) is 11.5. The third-order valence-electron chi connectivity index (χ3n) is 3.32. The Labute approximate surface area is 148 Å².